The molecular formula is C9H11ClN2O4S. The first-order valence-corrected chi connectivity index (χ1v) is 6.35. The number of carbonyl (C=O) groups excluding carboxylic acids is 1. The molecule has 8 heteroatoms. The van der Waals surface area contributed by atoms with Crippen molar-refractivity contribution < 1.29 is 17.9 Å². The van der Waals surface area contributed by atoms with Crippen molar-refractivity contribution in [3.05, 3.63) is 28.8 Å². The van der Waals surface area contributed by atoms with Gasteiger partial charge in [-0.2, -0.15) is 8.42 Å². The lowest BCUT2D eigenvalue weighted by Crippen LogP contribution is -2.35. The zero-order valence-electron chi connectivity index (χ0n) is 9.15. The highest BCUT2D eigenvalue weighted by molar-refractivity contribution is 7.91. The maximum atomic E-state index is 11.4. The van der Waals surface area contributed by atoms with E-state index in [2.05, 4.69) is 9.46 Å². The van der Waals surface area contributed by atoms with Crippen molar-refractivity contribution in [2.24, 2.45) is 0 Å². The molecule has 0 aromatic heterocycles. The van der Waals surface area contributed by atoms with E-state index in [0.717, 1.165) is 12.7 Å². The van der Waals surface area contributed by atoms with E-state index in [9.17, 15) is 13.2 Å². The number of amides is 1. The number of aryl methyl sites for hydroxylation is 1. The number of hydrogen-bond acceptors (Lipinski definition) is 4. The number of ether oxygens (including phenoxy) is 1. The number of nitrogens with one attached hydrogen (secondary N) is 2. The Kier molecular flexibility index (Phi) is 4.19. The topological polar surface area (TPSA) is 84.5 Å². The summed E-state index contributed by atoms with van der Waals surface area (Å²) in [5.41, 5.74) is 1.06. The number of benzene rings is 1. The Hall–Kier alpha value is -1.47. The van der Waals surface area contributed by atoms with Gasteiger partial charge in [0.05, 0.1) is 12.8 Å². The van der Waals surface area contributed by atoms with Crippen molar-refractivity contribution in [2.45, 2.75) is 6.92 Å². The van der Waals surface area contributed by atoms with Gasteiger partial charge < -0.3 is 4.74 Å². The summed E-state index contributed by atoms with van der Waals surface area (Å²) in [5, 5.41) is 0.420. The Labute approximate surface area is 104 Å². The van der Waals surface area contributed by atoms with Crippen LogP contribution in [0.25, 0.3) is 0 Å². The van der Waals surface area contributed by atoms with E-state index >= 15 is 0 Å². The van der Waals surface area contributed by atoms with Crippen LogP contribution >= 0.6 is 11.6 Å². The quantitative estimate of drug-likeness (QED) is 0.881. The second-order valence-corrected chi connectivity index (χ2v) is 4.99. The molecular weight excluding hydrogens is 268 g/mol. The number of rotatable bonds is 3. The minimum Gasteiger partial charge on any atom is -0.452 e. The number of halogens is 1. The zero-order chi connectivity index (χ0) is 13.1. The summed E-state index contributed by atoms with van der Waals surface area (Å²) in [6, 6.07) is 4.61. The Morgan fingerprint density at radius 1 is 1.41 bits per heavy atom. The molecule has 0 atom stereocenters. The molecule has 1 amide bonds. The van der Waals surface area contributed by atoms with Crippen molar-refractivity contribution in [3.63, 3.8) is 0 Å². The van der Waals surface area contributed by atoms with Crippen molar-refractivity contribution in [3.8, 4) is 0 Å². The first kappa shape index (κ1) is 13.6. The van der Waals surface area contributed by atoms with Crippen LogP contribution in [0.5, 0.6) is 0 Å². The molecule has 17 heavy (non-hydrogen) atoms. The standard InChI is InChI=1S/C9H11ClN2O4S/c1-6-3-4-7(5-8(6)10)11-17(14,15)12-9(13)16-2/h3-5,11H,1-2H3,(H,12,13). The summed E-state index contributed by atoms with van der Waals surface area (Å²) in [7, 11) is -2.95. The maximum absolute atomic E-state index is 11.4. The second kappa shape index (κ2) is 5.24. The molecule has 0 radical (unpaired) electrons. The van der Waals surface area contributed by atoms with Crippen LogP contribution in [0, 0.1) is 6.92 Å². The summed E-state index contributed by atoms with van der Waals surface area (Å²) in [6.45, 7) is 1.79. The van der Waals surface area contributed by atoms with Gasteiger partial charge in [0.25, 0.3) is 0 Å². The molecule has 0 fully saturated rings. The third-order valence-corrected chi connectivity index (χ3v) is 3.17. The summed E-state index contributed by atoms with van der Waals surface area (Å²) < 4.78 is 30.7. The molecule has 0 aliphatic carbocycles. The molecule has 0 heterocycles. The predicted octanol–water partition coefficient (Wildman–Crippen LogP) is 1.66. The summed E-state index contributed by atoms with van der Waals surface area (Å²) in [6.07, 6.45) is -1.07. The lowest BCUT2D eigenvalue weighted by Gasteiger charge is -2.09. The minimum atomic E-state index is -4.01. The molecule has 1 aromatic rings. The summed E-state index contributed by atoms with van der Waals surface area (Å²) >= 11 is 5.83. The number of methoxy groups -OCH3 is 1. The van der Waals surface area contributed by atoms with Gasteiger partial charge in [0.1, 0.15) is 0 Å². The SMILES string of the molecule is COC(=O)NS(=O)(=O)Nc1ccc(C)c(Cl)c1. The lowest BCUT2D eigenvalue weighted by molar-refractivity contribution is 0.177. The molecule has 0 unspecified atom stereocenters. The van der Waals surface area contributed by atoms with E-state index in [0.29, 0.717) is 5.02 Å². The van der Waals surface area contributed by atoms with Crippen LogP contribution in [0.3, 0.4) is 0 Å². The fourth-order valence-electron chi connectivity index (χ4n) is 0.988. The third kappa shape index (κ3) is 4.12. The maximum Gasteiger partial charge on any atom is 0.422 e. The fraction of sp³-hybridized carbons (Fsp3) is 0.222. The summed E-state index contributed by atoms with van der Waals surface area (Å²) in [4.78, 5) is 10.8. The predicted molar refractivity (Wildman–Crippen MR) is 64.3 cm³/mol. The third-order valence-electron chi connectivity index (χ3n) is 1.83. The highest BCUT2D eigenvalue weighted by Gasteiger charge is 2.14. The largest absolute Gasteiger partial charge is 0.452 e. The van der Waals surface area contributed by atoms with Gasteiger partial charge in [-0.3, -0.25) is 4.72 Å². The number of carbonyl (C=O) groups is 1. The minimum absolute atomic E-state index is 0.247. The van der Waals surface area contributed by atoms with Crippen LogP contribution in [0.15, 0.2) is 18.2 Å². The second-order valence-electron chi connectivity index (χ2n) is 3.16. The Balaban J connectivity index is 2.83. The Bertz CT molecular complexity index is 530. The van der Waals surface area contributed by atoms with Gasteiger partial charge in [0, 0.05) is 5.02 Å². The summed E-state index contributed by atoms with van der Waals surface area (Å²) in [5.74, 6) is 0. The van der Waals surface area contributed by atoms with Crippen LogP contribution in [-0.4, -0.2) is 21.6 Å². The van der Waals surface area contributed by atoms with Crippen LogP contribution < -0.4 is 9.44 Å². The molecule has 0 aliphatic rings. The first-order valence-electron chi connectivity index (χ1n) is 4.49. The highest BCUT2D eigenvalue weighted by Crippen LogP contribution is 2.20. The van der Waals surface area contributed by atoms with Crippen molar-refractivity contribution in [2.75, 3.05) is 11.8 Å². The molecule has 1 rings (SSSR count). The number of hydrogen-bond donors (Lipinski definition) is 2. The van der Waals surface area contributed by atoms with E-state index in [1.807, 2.05) is 0 Å². The first-order chi connectivity index (χ1) is 7.84. The molecule has 1 aromatic carbocycles. The van der Waals surface area contributed by atoms with Gasteiger partial charge >= 0.3 is 16.3 Å². The van der Waals surface area contributed by atoms with Crippen LogP contribution in [-0.2, 0) is 14.9 Å². The van der Waals surface area contributed by atoms with Gasteiger partial charge in [-0.1, -0.05) is 17.7 Å². The highest BCUT2D eigenvalue weighted by atomic mass is 35.5. The monoisotopic (exact) mass is 278 g/mol. The zero-order valence-corrected chi connectivity index (χ0v) is 10.7. The van der Waals surface area contributed by atoms with Gasteiger partial charge in [0.15, 0.2) is 0 Å². The molecule has 2 N–H and O–H groups in total. The van der Waals surface area contributed by atoms with E-state index in [4.69, 9.17) is 11.6 Å². The normalized spacial score (nSPS) is 10.8. The van der Waals surface area contributed by atoms with E-state index in [-0.39, 0.29) is 5.69 Å². The van der Waals surface area contributed by atoms with Crippen molar-refractivity contribution in [1.82, 2.24) is 4.72 Å². The van der Waals surface area contributed by atoms with Gasteiger partial charge in [-0.05, 0) is 24.6 Å². The Morgan fingerprint density at radius 3 is 2.59 bits per heavy atom. The number of anilines is 1. The smallest absolute Gasteiger partial charge is 0.422 e. The van der Waals surface area contributed by atoms with Crippen molar-refractivity contribution >= 4 is 33.6 Å². The van der Waals surface area contributed by atoms with Crippen molar-refractivity contribution in [1.29, 1.82) is 0 Å². The van der Waals surface area contributed by atoms with Crippen LogP contribution in [0.1, 0.15) is 5.56 Å². The van der Waals surface area contributed by atoms with E-state index < -0.39 is 16.3 Å². The van der Waals surface area contributed by atoms with Gasteiger partial charge in [-0.15, -0.1) is 0 Å². The van der Waals surface area contributed by atoms with Crippen LogP contribution in [0.2, 0.25) is 5.02 Å². The Morgan fingerprint density at radius 2 is 2.06 bits per heavy atom. The molecule has 0 saturated heterocycles. The molecule has 6 nitrogen and oxygen atoms in total. The molecule has 0 bridgehead atoms. The van der Waals surface area contributed by atoms with Crippen LogP contribution in [0.4, 0.5) is 10.5 Å². The van der Waals surface area contributed by atoms with Gasteiger partial charge in [0.2, 0.25) is 0 Å². The van der Waals surface area contributed by atoms with Gasteiger partial charge in [-0.25, -0.2) is 9.52 Å². The molecule has 0 spiro atoms. The average molecular weight is 279 g/mol. The average Bonchev–Trinajstić information content (AvgIpc) is 2.22. The van der Waals surface area contributed by atoms with E-state index in [1.54, 1.807) is 17.7 Å². The molecule has 94 valence electrons. The van der Waals surface area contributed by atoms with E-state index in [1.165, 1.54) is 12.1 Å². The molecule has 0 aliphatic heterocycles. The molecule has 0 saturated carbocycles. The lowest BCUT2D eigenvalue weighted by atomic mass is 10.2. The fourth-order valence-corrected chi connectivity index (χ4v) is 1.96.